The zero-order valence-electron chi connectivity index (χ0n) is 17.7. The van der Waals surface area contributed by atoms with E-state index in [1.807, 2.05) is 31.1 Å². The van der Waals surface area contributed by atoms with E-state index in [2.05, 4.69) is 15.0 Å². The van der Waals surface area contributed by atoms with Gasteiger partial charge in [-0.3, -0.25) is 9.58 Å². The molecule has 1 fully saturated rings. The van der Waals surface area contributed by atoms with E-state index < -0.39 is 9.84 Å². The summed E-state index contributed by atoms with van der Waals surface area (Å²) in [5.41, 5.74) is 2.00. The van der Waals surface area contributed by atoms with Crippen LogP contribution in [0.25, 0.3) is 0 Å². The first-order valence-electron chi connectivity index (χ1n) is 10.3. The van der Waals surface area contributed by atoms with E-state index in [0.29, 0.717) is 19.7 Å². The number of aromatic nitrogens is 4. The standard InChI is InChI=1S/C20H33N5O3S/c1-23(14-17-12-22-24(2)15-17)16-18-13-21-20(25(18)10-11-28-3)29(26,27)19-8-6-4-5-7-9-19/h12-13,15,19H,4-11,14,16H2,1-3H3. The van der Waals surface area contributed by atoms with Crippen LogP contribution in [0.5, 0.6) is 0 Å². The minimum absolute atomic E-state index is 0.200. The Bertz CT molecular complexity index is 882. The average molecular weight is 424 g/mol. The summed E-state index contributed by atoms with van der Waals surface area (Å²) in [5.74, 6) is 0. The number of imidazole rings is 1. The number of rotatable bonds is 9. The first-order chi connectivity index (χ1) is 13.9. The zero-order chi connectivity index (χ0) is 20.9. The lowest BCUT2D eigenvalue weighted by Gasteiger charge is -2.20. The molecule has 0 bridgehead atoms. The minimum atomic E-state index is -3.45. The third-order valence-corrected chi connectivity index (χ3v) is 7.74. The molecule has 162 valence electrons. The number of sulfone groups is 1. The van der Waals surface area contributed by atoms with E-state index in [4.69, 9.17) is 4.74 Å². The van der Waals surface area contributed by atoms with E-state index in [-0.39, 0.29) is 10.4 Å². The lowest BCUT2D eigenvalue weighted by atomic mass is 10.2. The van der Waals surface area contributed by atoms with Crippen molar-refractivity contribution in [3.8, 4) is 0 Å². The van der Waals surface area contributed by atoms with Gasteiger partial charge < -0.3 is 9.30 Å². The number of aryl methyl sites for hydroxylation is 1. The number of methoxy groups -OCH3 is 1. The van der Waals surface area contributed by atoms with Crippen LogP contribution < -0.4 is 0 Å². The Morgan fingerprint density at radius 1 is 1.17 bits per heavy atom. The highest BCUT2D eigenvalue weighted by molar-refractivity contribution is 7.91. The molecule has 0 saturated heterocycles. The van der Waals surface area contributed by atoms with E-state index >= 15 is 0 Å². The summed E-state index contributed by atoms with van der Waals surface area (Å²) in [5, 5.41) is 4.08. The smallest absolute Gasteiger partial charge is 0.228 e. The van der Waals surface area contributed by atoms with Crippen LogP contribution in [-0.2, 0) is 41.3 Å². The molecule has 0 radical (unpaired) electrons. The van der Waals surface area contributed by atoms with Crippen LogP contribution in [0.2, 0.25) is 0 Å². The molecule has 2 aromatic heterocycles. The summed E-state index contributed by atoms with van der Waals surface area (Å²) in [6.45, 7) is 2.26. The Labute approximate surface area is 173 Å². The fraction of sp³-hybridized carbons (Fsp3) is 0.700. The summed E-state index contributed by atoms with van der Waals surface area (Å²) < 4.78 is 35.6. The average Bonchev–Trinajstić information content (AvgIpc) is 3.14. The molecule has 29 heavy (non-hydrogen) atoms. The van der Waals surface area contributed by atoms with E-state index in [1.54, 1.807) is 18.0 Å². The van der Waals surface area contributed by atoms with Crippen LogP contribution in [0.15, 0.2) is 23.7 Å². The maximum atomic E-state index is 13.4. The van der Waals surface area contributed by atoms with Crippen molar-refractivity contribution >= 4 is 9.84 Å². The van der Waals surface area contributed by atoms with Crippen LogP contribution in [0.3, 0.4) is 0 Å². The second kappa shape index (κ2) is 9.86. The third-order valence-electron chi connectivity index (χ3n) is 5.56. The normalized spacial score (nSPS) is 16.4. The van der Waals surface area contributed by atoms with Gasteiger partial charge in [0.15, 0.2) is 0 Å². The van der Waals surface area contributed by atoms with Gasteiger partial charge in [-0.05, 0) is 19.9 Å². The fourth-order valence-electron chi connectivity index (χ4n) is 4.07. The molecule has 0 aromatic carbocycles. The Balaban J connectivity index is 1.81. The van der Waals surface area contributed by atoms with E-state index in [9.17, 15) is 8.42 Å². The SMILES string of the molecule is COCCn1c(CN(C)Cc2cnn(C)c2)cnc1S(=O)(=O)C1CCCCCC1. The molecule has 9 heteroatoms. The first-order valence-corrected chi connectivity index (χ1v) is 11.9. The quantitative estimate of drug-likeness (QED) is 0.576. The van der Waals surface area contributed by atoms with Crippen LogP contribution in [-0.4, -0.2) is 58.7 Å². The van der Waals surface area contributed by atoms with Crippen LogP contribution >= 0.6 is 0 Å². The van der Waals surface area contributed by atoms with Gasteiger partial charge >= 0.3 is 0 Å². The molecule has 0 unspecified atom stereocenters. The highest BCUT2D eigenvalue weighted by Gasteiger charge is 2.32. The van der Waals surface area contributed by atoms with Gasteiger partial charge in [0.05, 0.1) is 29.9 Å². The highest BCUT2D eigenvalue weighted by atomic mass is 32.2. The molecule has 8 nitrogen and oxygen atoms in total. The maximum absolute atomic E-state index is 13.4. The van der Waals surface area contributed by atoms with Crippen molar-refractivity contribution in [3.63, 3.8) is 0 Å². The second-order valence-electron chi connectivity index (χ2n) is 8.03. The summed E-state index contributed by atoms with van der Waals surface area (Å²) in [6.07, 6.45) is 11.2. The van der Waals surface area contributed by atoms with Gasteiger partial charge in [-0.25, -0.2) is 13.4 Å². The molecule has 1 saturated carbocycles. The topological polar surface area (TPSA) is 82.2 Å². The van der Waals surface area contributed by atoms with Gasteiger partial charge in [-0.15, -0.1) is 0 Å². The number of hydrogen-bond acceptors (Lipinski definition) is 6. The van der Waals surface area contributed by atoms with Gasteiger partial charge in [-0.1, -0.05) is 25.7 Å². The van der Waals surface area contributed by atoms with Crippen molar-refractivity contribution in [2.45, 2.75) is 68.6 Å². The Morgan fingerprint density at radius 3 is 2.52 bits per heavy atom. The molecule has 0 N–H and O–H groups in total. The molecule has 1 aliphatic carbocycles. The minimum Gasteiger partial charge on any atom is -0.383 e. The lowest BCUT2D eigenvalue weighted by Crippen LogP contribution is -2.26. The first kappa shape index (κ1) is 22.0. The lowest BCUT2D eigenvalue weighted by molar-refractivity contribution is 0.182. The Morgan fingerprint density at radius 2 is 1.90 bits per heavy atom. The van der Waals surface area contributed by atoms with Crippen LogP contribution in [0, 0.1) is 0 Å². The second-order valence-corrected chi connectivity index (χ2v) is 10.2. The summed E-state index contributed by atoms with van der Waals surface area (Å²) in [7, 11) is 2.09. The van der Waals surface area contributed by atoms with Crippen LogP contribution in [0.4, 0.5) is 0 Å². The monoisotopic (exact) mass is 423 g/mol. The molecule has 0 aliphatic heterocycles. The van der Waals surface area contributed by atoms with Gasteiger partial charge in [0.25, 0.3) is 0 Å². The molecular formula is C20H33N5O3S. The molecular weight excluding hydrogens is 390 g/mol. The molecule has 0 atom stereocenters. The largest absolute Gasteiger partial charge is 0.383 e. The zero-order valence-corrected chi connectivity index (χ0v) is 18.6. The maximum Gasteiger partial charge on any atom is 0.228 e. The van der Waals surface area contributed by atoms with Crippen molar-refractivity contribution in [2.75, 3.05) is 20.8 Å². The predicted octanol–water partition coefficient (Wildman–Crippen LogP) is 2.39. The summed E-state index contributed by atoms with van der Waals surface area (Å²) in [4.78, 5) is 6.53. The molecule has 2 aromatic rings. The molecule has 3 rings (SSSR count). The number of nitrogens with zero attached hydrogens (tertiary/aromatic N) is 5. The number of hydrogen-bond donors (Lipinski definition) is 0. The molecule has 2 heterocycles. The Hall–Kier alpha value is -1.71. The molecule has 0 spiro atoms. The summed E-state index contributed by atoms with van der Waals surface area (Å²) in [6, 6.07) is 0. The molecule has 0 amide bonds. The molecule has 1 aliphatic rings. The van der Waals surface area contributed by atoms with Gasteiger partial charge in [-0.2, -0.15) is 5.10 Å². The van der Waals surface area contributed by atoms with E-state index in [1.165, 1.54) is 0 Å². The highest BCUT2D eigenvalue weighted by Crippen LogP contribution is 2.28. The van der Waals surface area contributed by atoms with Crippen molar-refractivity contribution in [1.29, 1.82) is 0 Å². The fourth-order valence-corrected chi connectivity index (χ4v) is 6.03. The van der Waals surface area contributed by atoms with Crippen molar-refractivity contribution in [3.05, 3.63) is 29.8 Å². The number of ether oxygens (including phenoxy) is 1. The van der Waals surface area contributed by atoms with Crippen molar-refractivity contribution in [2.24, 2.45) is 7.05 Å². The Kier molecular flexibility index (Phi) is 7.48. The third kappa shape index (κ3) is 5.46. The van der Waals surface area contributed by atoms with Gasteiger partial charge in [0, 0.05) is 45.6 Å². The summed E-state index contributed by atoms with van der Waals surface area (Å²) >= 11 is 0. The van der Waals surface area contributed by atoms with Crippen molar-refractivity contribution in [1.82, 2.24) is 24.2 Å². The van der Waals surface area contributed by atoms with Gasteiger partial charge in [0.1, 0.15) is 0 Å². The predicted molar refractivity (Wildman–Crippen MR) is 111 cm³/mol. The van der Waals surface area contributed by atoms with Crippen molar-refractivity contribution < 1.29 is 13.2 Å². The van der Waals surface area contributed by atoms with Crippen LogP contribution in [0.1, 0.15) is 49.8 Å². The van der Waals surface area contributed by atoms with Gasteiger partial charge in [0.2, 0.25) is 15.0 Å². The van der Waals surface area contributed by atoms with E-state index in [0.717, 1.165) is 56.3 Å².